The molecule has 0 saturated carbocycles. The fourth-order valence-corrected chi connectivity index (χ4v) is 2.09. The van der Waals surface area contributed by atoms with Gasteiger partial charge < -0.3 is 10.6 Å². The Hall–Kier alpha value is -2.29. The zero-order valence-corrected chi connectivity index (χ0v) is 11.9. The molecule has 2 amide bonds. The number of hydrogen-bond donors (Lipinski definition) is 2. The van der Waals surface area contributed by atoms with Crippen LogP contribution in [0.4, 0.5) is 10.5 Å². The lowest BCUT2D eigenvalue weighted by atomic mass is 10.1. The van der Waals surface area contributed by atoms with Gasteiger partial charge in [-0.2, -0.15) is 0 Å². The SMILES string of the molecule is Cc1ccc(NC(=O)NCCc2ccccc2)c(C)c1. The van der Waals surface area contributed by atoms with Gasteiger partial charge in [0.25, 0.3) is 0 Å². The molecule has 0 atom stereocenters. The molecule has 0 heterocycles. The number of carbonyl (C=O) groups is 1. The van der Waals surface area contributed by atoms with Crippen molar-refractivity contribution in [2.24, 2.45) is 0 Å². The second-order valence-electron chi connectivity index (χ2n) is 4.93. The van der Waals surface area contributed by atoms with E-state index in [1.54, 1.807) is 0 Å². The molecule has 104 valence electrons. The quantitative estimate of drug-likeness (QED) is 0.872. The third-order valence-electron chi connectivity index (χ3n) is 3.17. The highest BCUT2D eigenvalue weighted by atomic mass is 16.2. The minimum Gasteiger partial charge on any atom is -0.338 e. The first-order chi connectivity index (χ1) is 9.65. The fraction of sp³-hybridized carbons (Fsp3) is 0.235. The van der Waals surface area contributed by atoms with Crippen LogP contribution in [0.5, 0.6) is 0 Å². The van der Waals surface area contributed by atoms with Crippen LogP contribution in [0.1, 0.15) is 16.7 Å². The van der Waals surface area contributed by atoms with Gasteiger partial charge in [0.2, 0.25) is 0 Å². The van der Waals surface area contributed by atoms with Crippen molar-refractivity contribution in [2.75, 3.05) is 11.9 Å². The second-order valence-corrected chi connectivity index (χ2v) is 4.93. The molecule has 3 heteroatoms. The average Bonchev–Trinajstić information content (AvgIpc) is 2.43. The van der Waals surface area contributed by atoms with E-state index in [-0.39, 0.29) is 6.03 Å². The van der Waals surface area contributed by atoms with E-state index in [0.717, 1.165) is 17.7 Å². The summed E-state index contributed by atoms with van der Waals surface area (Å²) in [5.41, 5.74) is 4.34. The summed E-state index contributed by atoms with van der Waals surface area (Å²) in [5.74, 6) is 0. The van der Waals surface area contributed by atoms with Crippen molar-refractivity contribution >= 4 is 11.7 Å². The Labute approximate surface area is 120 Å². The molecule has 0 aromatic heterocycles. The van der Waals surface area contributed by atoms with Crippen LogP contribution >= 0.6 is 0 Å². The smallest absolute Gasteiger partial charge is 0.319 e. The van der Waals surface area contributed by atoms with Gasteiger partial charge in [-0.1, -0.05) is 48.0 Å². The molecule has 0 fully saturated rings. The number of urea groups is 1. The average molecular weight is 268 g/mol. The zero-order valence-electron chi connectivity index (χ0n) is 11.9. The maximum Gasteiger partial charge on any atom is 0.319 e. The van der Waals surface area contributed by atoms with E-state index in [0.29, 0.717) is 6.54 Å². The molecule has 2 rings (SSSR count). The van der Waals surface area contributed by atoms with Crippen molar-refractivity contribution in [1.29, 1.82) is 0 Å². The summed E-state index contributed by atoms with van der Waals surface area (Å²) in [6, 6.07) is 15.9. The minimum atomic E-state index is -0.159. The molecule has 0 aliphatic heterocycles. The second kappa shape index (κ2) is 6.75. The van der Waals surface area contributed by atoms with Gasteiger partial charge in [0, 0.05) is 12.2 Å². The summed E-state index contributed by atoms with van der Waals surface area (Å²) in [7, 11) is 0. The van der Waals surface area contributed by atoms with Crippen molar-refractivity contribution in [3.8, 4) is 0 Å². The van der Waals surface area contributed by atoms with Gasteiger partial charge in [-0.15, -0.1) is 0 Å². The largest absolute Gasteiger partial charge is 0.338 e. The lowest BCUT2D eigenvalue weighted by Crippen LogP contribution is -2.30. The molecule has 20 heavy (non-hydrogen) atoms. The van der Waals surface area contributed by atoms with Crippen LogP contribution in [0.15, 0.2) is 48.5 Å². The Kier molecular flexibility index (Phi) is 4.77. The maximum absolute atomic E-state index is 11.8. The topological polar surface area (TPSA) is 41.1 Å². The van der Waals surface area contributed by atoms with Crippen LogP contribution in [-0.4, -0.2) is 12.6 Å². The Bertz CT molecular complexity index is 579. The number of benzene rings is 2. The Morgan fingerprint density at radius 3 is 2.50 bits per heavy atom. The Morgan fingerprint density at radius 1 is 1.05 bits per heavy atom. The molecule has 2 aromatic carbocycles. The molecule has 0 saturated heterocycles. The van der Waals surface area contributed by atoms with Crippen LogP contribution in [0.25, 0.3) is 0 Å². The molecule has 0 radical (unpaired) electrons. The Balaban J connectivity index is 1.81. The third-order valence-corrected chi connectivity index (χ3v) is 3.17. The standard InChI is InChI=1S/C17H20N2O/c1-13-8-9-16(14(2)12-13)19-17(20)18-11-10-15-6-4-3-5-7-15/h3-9,12H,10-11H2,1-2H3,(H2,18,19,20). The van der Waals surface area contributed by atoms with E-state index >= 15 is 0 Å². The number of hydrogen-bond acceptors (Lipinski definition) is 1. The first kappa shape index (κ1) is 14.1. The van der Waals surface area contributed by atoms with Crippen molar-refractivity contribution in [3.63, 3.8) is 0 Å². The van der Waals surface area contributed by atoms with Gasteiger partial charge in [0.05, 0.1) is 0 Å². The molecule has 3 nitrogen and oxygen atoms in total. The third kappa shape index (κ3) is 4.12. The van der Waals surface area contributed by atoms with Gasteiger partial charge in [-0.3, -0.25) is 0 Å². The van der Waals surface area contributed by atoms with Crippen molar-refractivity contribution < 1.29 is 4.79 Å². The zero-order chi connectivity index (χ0) is 14.4. The van der Waals surface area contributed by atoms with Crippen LogP contribution in [0, 0.1) is 13.8 Å². The lowest BCUT2D eigenvalue weighted by Gasteiger charge is -2.10. The summed E-state index contributed by atoms with van der Waals surface area (Å²) < 4.78 is 0. The van der Waals surface area contributed by atoms with E-state index in [9.17, 15) is 4.79 Å². The normalized spacial score (nSPS) is 10.1. The van der Waals surface area contributed by atoms with E-state index in [4.69, 9.17) is 0 Å². The number of carbonyl (C=O) groups excluding carboxylic acids is 1. The molecule has 2 aromatic rings. The molecular weight excluding hydrogens is 248 g/mol. The fourth-order valence-electron chi connectivity index (χ4n) is 2.09. The van der Waals surface area contributed by atoms with Crippen molar-refractivity contribution in [2.45, 2.75) is 20.3 Å². The number of amides is 2. The molecule has 0 bridgehead atoms. The van der Waals surface area contributed by atoms with Crippen LogP contribution in [0.3, 0.4) is 0 Å². The lowest BCUT2D eigenvalue weighted by molar-refractivity contribution is 0.252. The van der Waals surface area contributed by atoms with Crippen LogP contribution in [-0.2, 0) is 6.42 Å². The molecule has 0 spiro atoms. The van der Waals surface area contributed by atoms with E-state index in [1.807, 2.05) is 44.2 Å². The van der Waals surface area contributed by atoms with Gasteiger partial charge in [0.1, 0.15) is 0 Å². The molecule has 0 aliphatic rings. The first-order valence-electron chi connectivity index (χ1n) is 6.81. The van der Waals surface area contributed by atoms with E-state index in [1.165, 1.54) is 11.1 Å². The number of anilines is 1. The van der Waals surface area contributed by atoms with Crippen LogP contribution < -0.4 is 10.6 Å². The molecular formula is C17H20N2O. The van der Waals surface area contributed by atoms with Gasteiger partial charge in [0.15, 0.2) is 0 Å². The predicted molar refractivity (Wildman–Crippen MR) is 83.1 cm³/mol. The monoisotopic (exact) mass is 268 g/mol. The van der Waals surface area contributed by atoms with E-state index < -0.39 is 0 Å². The minimum absolute atomic E-state index is 0.159. The number of aryl methyl sites for hydroxylation is 2. The predicted octanol–water partition coefficient (Wildman–Crippen LogP) is 3.67. The van der Waals surface area contributed by atoms with Gasteiger partial charge in [-0.05, 0) is 37.5 Å². The highest BCUT2D eigenvalue weighted by Crippen LogP contribution is 2.15. The molecule has 0 aliphatic carbocycles. The van der Waals surface area contributed by atoms with Gasteiger partial charge >= 0.3 is 6.03 Å². The number of nitrogens with one attached hydrogen (secondary N) is 2. The van der Waals surface area contributed by atoms with Gasteiger partial charge in [-0.25, -0.2) is 4.79 Å². The Morgan fingerprint density at radius 2 is 1.80 bits per heavy atom. The summed E-state index contributed by atoms with van der Waals surface area (Å²) >= 11 is 0. The number of rotatable bonds is 4. The van der Waals surface area contributed by atoms with E-state index in [2.05, 4.69) is 28.8 Å². The summed E-state index contributed by atoms with van der Waals surface area (Å²) in [6.07, 6.45) is 0.834. The van der Waals surface area contributed by atoms with Crippen molar-refractivity contribution in [3.05, 3.63) is 65.2 Å². The highest BCUT2D eigenvalue weighted by molar-refractivity contribution is 5.90. The first-order valence-corrected chi connectivity index (χ1v) is 6.81. The van der Waals surface area contributed by atoms with Crippen molar-refractivity contribution in [1.82, 2.24) is 5.32 Å². The maximum atomic E-state index is 11.8. The summed E-state index contributed by atoms with van der Waals surface area (Å²) in [6.45, 7) is 4.66. The van der Waals surface area contributed by atoms with Crippen LogP contribution in [0.2, 0.25) is 0 Å². The highest BCUT2D eigenvalue weighted by Gasteiger charge is 2.03. The summed E-state index contributed by atoms with van der Waals surface area (Å²) in [5, 5.41) is 5.75. The summed E-state index contributed by atoms with van der Waals surface area (Å²) in [4.78, 5) is 11.8. The molecule has 0 unspecified atom stereocenters. The molecule has 2 N–H and O–H groups in total.